The van der Waals surface area contributed by atoms with Crippen molar-refractivity contribution in [2.75, 3.05) is 20.4 Å². The van der Waals surface area contributed by atoms with Gasteiger partial charge in [-0.15, -0.1) is 0 Å². The van der Waals surface area contributed by atoms with Gasteiger partial charge in [-0.2, -0.15) is 0 Å². The summed E-state index contributed by atoms with van der Waals surface area (Å²) < 4.78 is 0. The maximum absolute atomic E-state index is 13.4. The smallest absolute Gasteiger partial charge is 0.255 e. The van der Waals surface area contributed by atoms with Crippen molar-refractivity contribution in [1.29, 1.82) is 0 Å². The van der Waals surface area contributed by atoms with Crippen molar-refractivity contribution in [2.45, 2.75) is 25.7 Å². The lowest BCUT2D eigenvalue weighted by Gasteiger charge is -2.17. The molecule has 10 nitrogen and oxygen atoms in total. The number of imide groups is 2. The van der Waals surface area contributed by atoms with E-state index in [1.807, 2.05) is 24.3 Å². The third-order valence-corrected chi connectivity index (χ3v) is 7.22. The molecule has 0 bridgehead atoms. The molecule has 0 radical (unpaired) electrons. The van der Waals surface area contributed by atoms with Crippen LogP contribution in [0.3, 0.4) is 0 Å². The molecule has 2 heterocycles. The molecular formula is C32H24N4O6. The zero-order valence-electron chi connectivity index (χ0n) is 22.3. The highest BCUT2D eigenvalue weighted by atomic mass is 16.2. The van der Waals surface area contributed by atoms with E-state index in [-0.39, 0.29) is 60.4 Å². The first-order valence-corrected chi connectivity index (χ1v) is 13.4. The summed E-state index contributed by atoms with van der Waals surface area (Å²) in [5, 5.41) is 7.33. The zero-order chi connectivity index (χ0) is 29.4. The maximum Gasteiger partial charge on any atom is 0.255 e. The number of nitrogens with zero attached hydrogens (tertiary/aromatic N) is 2. The Kier molecular flexibility index (Phi) is 6.79. The second-order valence-electron chi connectivity index (χ2n) is 10.00. The molecule has 2 aliphatic rings. The van der Waals surface area contributed by atoms with Gasteiger partial charge < -0.3 is 10.6 Å². The van der Waals surface area contributed by atoms with Crippen molar-refractivity contribution in [2.24, 2.45) is 0 Å². The van der Waals surface area contributed by atoms with Gasteiger partial charge in [0.15, 0.2) is 0 Å². The minimum atomic E-state index is -0.505. The summed E-state index contributed by atoms with van der Waals surface area (Å²) in [6.07, 6.45) is 0.512. The fraction of sp³-hybridized carbons (Fsp3) is 0.125. The maximum atomic E-state index is 13.4. The van der Waals surface area contributed by atoms with Crippen LogP contribution in [0.4, 0.5) is 22.7 Å². The van der Waals surface area contributed by atoms with Gasteiger partial charge in [-0.3, -0.25) is 38.6 Å². The lowest BCUT2D eigenvalue weighted by molar-refractivity contribution is -0.122. The molecule has 208 valence electrons. The molecule has 42 heavy (non-hydrogen) atoms. The Labute approximate surface area is 239 Å². The molecule has 0 aliphatic carbocycles. The predicted octanol–water partition coefficient (Wildman–Crippen LogP) is 4.65. The molecule has 4 aromatic rings. The van der Waals surface area contributed by atoms with Crippen LogP contribution in [0.25, 0.3) is 10.8 Å². The van der Waals surface area contributed by atoms with Gasteiger partial charge in [0, 0.05) is 36.8 Å². The summed E-state index contributed by atoms with van der Waals surface area (Å²) >= 11 is 0. The van der Waals surface area contributed by atoms with Gasteiger partial charge in [0.2, 0.25) is 23.6 Å². The van der Waals surface area contributed by atoms with E-state index in [0.717, 1.165) is 20.6 Å². The Bertz CT molecular complexity index is 1670. The second-order valence-corrected chi connectivity index (χ2v) is 10.00. The fourth-order valence-electron chi connectivity index (χ4n) is 5.14. The Morgan fingerprint density at radius 3 is 1.26 bits per heavy atom. The van der Waals surface area contributed by atoms with Gasteiger partial charge >= 0.3 is 0 Å². The molecule has 2 fully saturated rings. The molecule has 0 spiro atoms. The van der Waals surface area contributed by atoms with E-state index in [2.05, 4.69) is 10.6 Å². The van der Waals surface area contributed by atoms with Crippen LogP contribution in [0, 0.1) is 0 Å². The van der Waals surface area contributed by atoms with Crippen molar-refractivity contribution in [3.63, 3.8) is 0 Å². The van der Waals surface area contributed by atoms with E-state index >= 15 is 0 Å². The fourth-order valence-corrected chi connectivity index (χ4v) is 5.14. The van der Waals surface area contributed by atoms with Crippen LogP contribution in [0.2, 0.25) is 0 Å². The molecule has 4 aromatic carbocycles. The first kappa shape index (κ1) is 26.6. The predicted molar refractivity (Wildman–Crippen MR) is 156 cm³/mol. The van der Waals surface area contributed by atoms with Crippen LogP contribution in [0.5, 0.6) is 0 Å². The van der Waals surface area contributed by atoms with Gasteiger partial charge in [0.1, 0.15) is 0 Å². The van der Waals surface area contributed by atoms with Gasteiger partial charge in [-0.25, -0.2) is 0 Å². The molecule has 2 N–H and O–H groups in total. The van der Waals surface area contributed by atoms with Crippen LogP contribution >= 0.6 is 0 Å². The SMILES string of the molecule is O=C(Nc1cc2ccccc2cc1NC(=O)c1cccc(N2C(=O)CCC2=O)c1)c1cccc(N2C(=O)CCC2=O)c1. The number of rotatable bonds is 6. The van der Waals surface area contributed by atoms with Crippen molar-refractivity contribution in [1.82, 2.24) is 0 Å². The molecule has 6 amide bonds. The number of carbonyl (C=O) groups is 6. The minimum Gasteiger partial charge on any atom is -0.320 e. The van der Waals surface area contributed by atoms with Crippen LogP contribution in [0.15, 0.2) is 84.9 Å². The van der Waals surface area contributed by atoms with Crippen molar-refractivity contribution < 1.29 is 28.8 Å². The topological polar surface area (TPSA) is 133 Å². The molecule has 2 aliphatic heterocycles. The molecule has 2 saturated heterocycles. The Morgan fingerprint density at radius 2 is 0.881 bits per heavy atom. The molecular weight excluding hydrogens is 536 g/mol. The van der Waals surface area contributed by atoms with Crippen molar-refractivity contribution in [3.8, 4) is 0 Å². The van der Waals surface area contributed by atoms with Crippen LogP contribution in [0.1, 0.15) is 46.4 Å². The van der Waals surface area contributed by atoms with Crippen molar-refractivity contribution in [3.05, 3.63) is 96.1 Å². The monoisotopic (exact) mass is 560 g/mol. The lowest BCUT2D eigenvalue weighted by atomic mass is 10.1. The lowest BCUT2D eigenvalue weighted by Crippen LogP contribution is -2.29. The molecule has 6 rings (SSSR count). The standard InChI is InChI=1S/C32H24N4O6/c37-27-11-12-28(38)35(27)23-9-3-7-21(15-23)31(41)33-25-17-19-5-1-2-6-20(19)18-26(25)34-32(42)22-8-4-10-24(16-22)36-29(39)13-14-30(36)40/h1-10,15-18H,11-14H2,(H,33,41)(H,34,42). The highest BCUT2D eigenvalue weighted by molar-refractivity contribution is 6.21. The van der Waals surface area contributed by atoms with E-state index in [4.69, 9.17) is 0 Å². The number of hydrogen-bond donors (Lipinski definition) is 2. The summed E-state index contributed by atoms with van der Waals surface area (Å²) in [6.45, 7) is 0. The third-order valence-electron chi connectivity index (χ3n) is 7.22. The molecule has 0 aromatic heterocycles. The van der Waals surface area contributed by atoms with Gasteiger partial charge in [0.25, 0.3) is 11.8 Å². The number of benzene rings is 4. The number of anilines is 4. The van der Waals surface area contributed by atoms with Gasteiger partial charge in [0.05, 0.1) is 22.7 Å². The normalized spacial score (nSPS) is 15.0. The summed E-state index contributed by atoms with van der Waals surface area (Å²) in [6, 6.07) is 23.4. The summed E-state index contributed by atoms with van der Waals surface area (Å²) in [5.74, 6) is -2.29. The van der Waals surface area contributed by atoms with Crippen LogP contribution < -0.4 is 20.4 Å². The Balaban J connectivity index is 1.29. The first-order chi connectivity index (χ1) is 20.3. The number of hydrogen-bond acceptors (Lipinski definition) is 6. The quantitative estimate of drug-likeness (QED) is 0.330. The molecule has 10 heteroatoms. The van der Waals surface area contributed by atoms with E-state index in [9.17, 15) is 28.8 Å². The van der Waals surface area contributed by atoms with E-state index < -0.39 is 11.8 Å². The Hall–Kier alpha value is -5.64. The molecule has 0 saturated carbocycles. The van der Waals surface area contributed by atoms with Gasteiger partial charge in [-0.1, -0.05) is 36.4 Å². The number of fused-ring (bicyclic) bond motifs is 1. The average Bonchev–Trinajstić information content (AvgIpc) is 3.52. The van der Waals surface area contributed by atoms with Gasteiger partial charge in [-0.05, 0) is 59.3 Å². The van der Waals surface area contributed by atoms with Crippen LogP contribution in [-0.2, 0) is 19.2 Å². The highest BCUT2D eigenvalue weighted by Crippen LogP contribution is 2.31. The largest absolute Gasteiger partial charge is 0.320 e. The van der Waals surface area contributed by atoms with Crippen LogP contribution in [-0.4, -0.2) is 35.4 Å². The van der Waals surface area contributed by atoms with E-state index in [0.29, 0.717) is 22.7 Å². The molecule has 0 unspecified atom stereocenters. The molecule has 0 atom stereocenters. The average molecular weight is 561 g/mol. The number of nitrogens with one attached hydrogen (secondary N) is 2. The van der Waals surface area contributed by atoms with E-state index in [1.54, 1.807) is 48.5 Å². The summed E-state index contributed by atoms with van der Waals surface area (Å²) in [4.78, 5) is 77.7. The second kappa shape index (κ2) is 10.7. The zero-order valence-corrected chi connectivity index (χ0v) is 22.3. The first-order valence-electron chi connectivity index (χ1n) is 13.4. The number of carbonyl (C=O) groups excluding carboxylic acids is 6. The Morgan fingerprint density at radius 1 is 0.500 bits per heavy atom. The van der Waals surface area contributed by atoms with Crippen molar-refractivity contribution >= 4 is 69.0 Å². The third kappa shape index (κ3) is 5.01. The van der Waals surface area contributed by atoms with E-state index in [1.165, 1.54) is 12.1 Å². The highest BCUT2D eigenvalue weighted by Gasteiger charge is 2.31. The summed E-state index contributed by atoms with van der Waals surface area (Å²) in [5.41, 5.74) is 1.73. The number of amides is 6. The summed E-state index contributed by atoms with van der Waals surface area (Å²) in [7, 11) is 0. The minimum absolute atomic E-state index is 0.128.